The van der Waals surface area contributed by atoms with Crippen LogP contribution in [0.15, 0.2) is 60.8 Å². The first-order valence-electron chi connectivity index (χ1n) is 8.68. The van der Waals surface area contributed by atoms with Gasteiger partial charge in [-0.3, -0.25) is 9.55 Å². The zero-order valence-corrected chi connectivity index (χ0v) is 15.6. The third-order valence-corrected chi connectivity index (χ3v) is 4.86. The van der Waals surface area contributed by atoms with Crippen molar-refractivity contribution in [1.82, 2.24) is 14.5 Å². The maximum Gasteiger partial charge on any atom is 0.417 e. The Balaban J connectivity index is 2.02. The first-order chi connectivity index (χ1) is 13.4. The molecule has 4 rings (SSSR count). The molecule has 0 amide bonds. The van der Waals surface area contributed by atoms with Crippen LogP contribution in [-0.4, -0.2) is 14.5 Å². The quantitative estimate of drug-likeness (QED) is 0.402. The number of pyridine rings is 1. The van der Waals surface area contributed by atoms with Gasteiger partial charge >= 0.3 is 6.18 Å². The third kappa shape index (κ3) is 3.24. The first kappa shape index (κ1) is 18.5. The number of benzene rings is 2. The average molecular weight is 402 g/mol. The molecule has 0 unspecified atom stereocenters. The Bertz CT molecular complexity index is 1130. The molecule has 7 heteroatoms. The number of hydrogen-bond donors (Lipinski definition) is 0. The predicted molar refractivity (Wildman–Crippen MR) is 104 cm³/mol. The first-order valence-corrected chi connectivity index (χ1v) is 9.06. The molecule has 0 spiro atoms. The smallest absolute Gasteiger partial charge is 0.291 e. The summed E-state index contributed by atoms with van der Waals surface area (Å²) in [6.07, 6.45) is -2.05. The molecule has 0 radical (unpaired) electrons. The number of rotatable bonds is 3. The molecule has 0 aliphatic heterocycles. The number of halogens is 4. The largest absolute Gasteiger partial charge is 0.417 e. The summed E-state index contributed by atoms with van der Waals surface area (Å²) in [5.74, 6) is 0.454. The molecule has 0 fully saturated rings. The zero-order chi connectivity index (χ0) is 19.9. The Morgan fingerprint density at radius 2 is 1.79 bits per heavy atom. The fourth-order valence-electron chi connectivity index (χ4n) is 3.12. The summed E-state index contributed by atoms with van der Waals surface area (Å²) < 4.78 is 41.6. The van der Waals surface area contributed by atoms with Gasteiger partial charge in [0.05, 0.1) is 21.6 Å². The van der Waals surface area contributed by atoms with Crippen molar-refractivity contribution in [2.45, 2.75) is 19.5 Å². The van der Waals surface area contributed by atoms with Crippen LogP contribution in [0.2, 0.25) is 5.02 Å². The molecular formula is C21H15ClF3N3. The Labute approximate surface area is 164 Å². The lowest BCUT2D eigenvalue weighted by molar-refractivity contribution is -0.137. The number of alkyl halides is 3. The lowest BCUT2D eigenvalue weighted by Gasteiger charge is -2.11. The molecule has 0 aliphatic rings. The number of aromatic nitrogens is 3. The normalized spacial score (nSPS) is 11.9. The van der Waals surface area contributed by atoms with E-state index in [1.54, 1.807) is 29.0 Å². The monoisotopic (exact) mass is 401 g/mol. The second kappa shape index (κ2) is 6.95. The number of imidazole rings is 1. The summed E-state index contributed by atoms with van der Waals surface area (Å²) >= 11 is 5.97. The van der Waals surface area contributed by atoms with Crippen molar-refractivity contribution in [2.75, 3.05) is 0 Å². The highest BCUT2D eigenvalue weighted by atomic mass is 35.5. The molecule has 3 nitrogen and oxygen atoms in total. The number of hydrogen-bond acceptors (Lipinski definition) is 2. The van der Waals surface area contributed by atoms with Crippen LogP contribution in [0.3, 0.4) is 0 Å². The maximum atomic E-state index is 13.3. The Hall–Kier alpha value is -2.86. The van der Waals surface area contributed by atoms with E-state index < -0.39 is 11.7 Å². The molecule has 4 aromatic rings. The number of fused-ring (bicyclic) bond motifs is 1. The summed E-state index contributed by atoms with van der Waals surface area (Å²) in [5, 5.41) is -0.362. The van der Waals surface area contributed by atoms with E-state index in [4.69, 9.17) is 11.6 Å². The molecule has 28 heavy (non-hydrogen) atoms. The van der Waals surface area contributed by atoms with Crippen LogP contribution in [0.25, 0.3) is 28.2 Å². The van der Waals surface area contributed by atoms with E-state index in [0.29, 0.717) is 17.0 Å². The highest BCUT2D eigenvalue weighted by molar-refractivity contribution is 6.32. The van der Waals surface area contributed by atoms with E-state index in [9.17, 15) is 13.2 Å². The van der Waals surface area contributed by atoms with Crippen molar-refractivity contribution in [3.8, 4) is 17.2 Å². The van der Waals surface area contributed by atoms with Gasteiger partial charge in [0.15, 0.2) is 5.82 Å². The summed E-state index contributed by atoms with van der Waals surface area (Å²) in [6, 6.07) is 15.4. The van der Waals surface area contributed by atoms with Gasteiger partial charge in [0.1, 0.15) is 5.69 Å². The van der Waals surface area contributed by atoms with Crippen LogP contribution in [0.4, 0.5) is 13.2 Å². The van der Waals surface area contributed by atoms with Crippen molar-refractivity contribution in [2.24, 2.45) is 0 Å². The summed E-state index contributed by atoms with van der Waals surface area (Å²) in [6.45, 7) is 2.05. The van der Waals surface area contributed by atoms with Crippen LogP contribution >= 0.6 is 11.6 Å². The van der Waals surface area contributed by atoms with Gasteiger partial charge in [0.25, 0.3) is 0 Å². The fraction of sp³-hybridized carbons (Fsp3) is 0.143. The zero-order valence-electron chi connectivity index (χ0n) is 14.8. The van der Waals surface area contributed by atoms with E-state index in [1.165, 1.54) is 6.07 Å². The fourth-order valence-corrected chi connectivity index (χ4v) is 3.39. The summed E-state index contributed by atoms with van der Waals surface area (Å²) in [5.41, 5.74) is 2.28. The molecule has 0 atom stereocenters. The molecule has 0 aliphatic carbocycles. The van der Waals surface area contributed by atoms with Gasteiger partial charge in [-0.1, -0.05) is 36.7 Å². The lowest BCUT2D eigenvalue weighted by atomic mass is 10.1. The Morgan fingerprint density at radius 1 is 1.04 bits per heavy atom. The minimum absolute atomic E-state index is 0.206. The minimum Gasteiger partial charge on any atom is -0.291 e. The van der Waals surface area contributed by atoms with Gasteiger partial charge in [-0.05, 0) is 48.4 Å². The van der Waals surface area contributed by atoms with E-state index in [-0.39, 0.29) is 10.5 Å². The van der Waals surface area contributed by atoms with Crippen molar-refractivity contribution >= 4 is 22.6 Å². The van der Waals surface area contributed by atoms with Crippen LogP contribution in [0, 0.1) is 0 Å². The molecule has 2 heterocycles. The molecule has 0 N–H and O–H groups in total. The molecule has 0 bridgehead atoms. The topological polar surface area (TPSA) is 30.7 Å². The number of nitrogens with zero attached hydrogens (tertiary/aromatic N) is 3. The molecule has 2 aromatic carbocycles. The summed E-state index contributed by atoms with van der Waals surface area (Å²) in [4.78, 5) is 8.78. The maximum absolute atomic E-state index is 13.3. The average Bonchev–Trinajstić information content (AvgIpc) is 3.05. The highest BCUT2D eigenvalue weighted by Crippen LogP contribution is 2.38. The van der Waals surface area contributed by atoms with Crippen molar-refractivity contribution < 1.29 is 13.2 Å². The third-order valence-electron chi connectivity index (χ3n) is 4.55. The molecule has 142 valence electrons. The van der Waals surface area contributed by atoms with E-state index >= 15 is 0 Å². The van der Waals surface area contributed by atoms with Gasteiger partial charge in [-0.2, -0.15) is 13.2 Å². The molecule has 2 aromatic heterocycles. The van der Waals surface area contributed by atoms with E-state index in [1.807, 2.05) is 24.3 Å². The van der Waals surface area contributed by atoms with Gasteiger partial charge in [0.2, 0.25) is 0 Å². The van der Waals surface area contributed by atoms with Gasteiger partial charge in [0, 0.05) is 11.9 Å². The van der Waals surface area contributed by atoms with E-state index in [2.05, 4.69) is 16.9 Å². The van der Waals surface area contributed by atoms with Gasteiger partial charge < -0.3 is 0 Å². The Kier molecular flexibility index (Phi) is 4.59. The molecule has 0 saturated heterocycles. The predicted octanol–water partition coefficient (Wildman–Crippen LogP) is 6.32. The van der Waals surface area contributed by atoms with Crippen molar-refractivity contribution in [3.63, 3.8) is 0 Å². The Morgan fingerprint density at radius 3 is 2.39 bits per heavy atom. The highest BCUT2D eigenvalue weighted by Gasteiger charge is 2.34. The SMILES string of the molecule is CCc1ccc(-n2c(-c3ccccn3)nc3cc(C(F)(F)F)c(Cl)cc32)cc1. The molecular weight excluding hydrogens is 387 g/mol. The van der Waals surface area contributed by atoms with Crippen LogP contribution in [0.1, 0.15) is 18.1 Å². The molecule has 0 saturated carbocycles. The summed E-state index contributed by atoms with van der Waals surface area (Å²) in [7, 11) is 0. The van der Waals surface area contributed by atoms with Gasteiger partial charge in [-0.15, -0.1) is 0 Å². The second-order valence-electron chi connectivity index (χ2n) is 6.32. The van der Waals surface area contributed by atoms with Crippen LogP contribution < -0.4 is 0 Å². The number of aryl methyl sites for hydroxylation is 1. The minimum atomic E-state index is -4.55. The van der Waals surface area contributed by atoms with Crippen molar-refractivity contribution in [1.29, 1.82) is 0 Å². The lowest BCUT2D eigenvalue weighted by Crippen LogP contribution is -2.06. The standard InChI is InChI=1S/C21H15ClF3N3/c1-2-13-6-8-14(9-7-13)28-19-12-16(22)15(21(23,24)25)11-18(19)27-20(28)17-5-3-4-10-26-17/h3-12H,2H2,1H3. The van der Waals surface area contributed by atoms with Gasteiger partial charge in [-0.25, -0.2) is 4.98 Å². The second-order valence-corrected chi connectivity index (χ2v) is 6.73. The van der Waals surface area contributed by atoms with E-state index in [0.717, 1.165) is 23.7 Å². The van der Waals surface area contributed by atoms with Crippen molar-refractivity contribution in [3.05, 3.63) is 76.9 Å². The van der Waals surface area contributed by atoms with Crippen LogP contribution in [-0.2, 0) is 12.6 Å². The van der Waals surface area contributed by atoms with Crippen LogP contribution in [0.5, 0.6) is 0 Å².